The van der Waals surface area contributed by atoms with Gasteiger partial charge in [0, 0.05) is 18.8 Å². The van der Waals surface area contributed by atoms with Gasteiger partial charge < -0.3 is 15.7 Å². The number of nitrogen functional groups attached to an aromatic ring is 1. The molecule has 0 aliphatic heterocycles. The van der Waals surface area contributed by atoms with Crippen LogP contribution in [0.2, 0.25) is 0 Å². The lowest BCUT2D eigenvalue weighted by Gasteiger charge is -2.23. The van der Waals surface area contributed by atoms with E-state index in [0.29, 0.717) is 17.9 Å². The van der Waals surface area contributed by atoms with Crippen molar-refractivity contribution in [1.82, 2.24) is 9.78 Å². The third-order valence-electron chi connectivity index (χ3n) is 3.05. The van der Waals surface area contributed by atoms with Crippen LogP contribution in [0.25, 0.3) is 0 Å². The maximum atomic E-state index is 12.4. The molecule has 6 heteroatoms. The molecule has 0 spiro atoms. The molecule has 1 amide bonds. The van der Waals surface area contributed by atoms with E-state index < -0.39 is 0 Å². The first kappa shape index (κ1) is 13.9. The molecular weight excluding hydrogens is 256 g/mol. The van der Waals surface area contributed by atoms with Gasteiger partial charge in [-0.3, -0.25) is 9.48 Å². The van der Waals surface area contributed by atoms with Crippen molar-refractivity contribution in [1.29, 1.82) is 0 Å². The van der Waals surface area contributed by atoms with Gasteiger partial charge in [0.15, 0.2) is 0 Å². The fraction of sp³-hybridized carbons (Fsp3) is 0.286. The highest BCUT2D eigenvalue weighted by atomic mass is 16.3. The highest BCUT2D eigenvalue weighted by molar-refractivity contribution is 5.94. The second kappa shape index (κ2) is 5.64. The van der Waals surface area contributed by atoms with Gasteiger partial charge in [0.1, 0.15) is 12.3 Å². The normalized spacial score (nSPS) is 10.5. The summed E-state index contributed by atoms with van der Waals surface area (Å²) < 4.78 is 1.50. The maximum Gasteiger partial charge on any atom is 0.248 e. The maximum absolute atomic E-state index is 12.4. The SMILES string of the molecule is CCN(C(=O)Cn1cc(N)cn1)c1cc(O)ccc1C. The highest BCUT2D eigenvalue weighted by Gasteiger charge is 2.17. The lowest BCUT2D eigenvalue weighted by molar-refractivity contribution is -0.119. The third kappa shape index (κ3) is 2.90. The summed E-state index contributed by atoms with van der Waals surface area (Å²) in [6.45, 7) is 4.41. The smallest absolute Gasteiger partial charge is 0.248 e. The number of amides is 1. The number of carbonyl (C=O) groups is 1. The number of nitrogens with two attached hydrogens (primary N) is 1. The Kier molecular flexibility index (Phi) is 3.93. The number of aryl methyl sites for hydroxylation is 1. The zero-order chi connectivity index (χ0) is 14.7. The number of phenols is 1. The van der Waals surface area contributed by atoms with Gasteiger partial charge in [-0.25, -0.2) is 0 Å². The number of aromatic nitrogens is 2. The standard InChI is InChI=1S/C14H18N4O2/c1-3-18(13-6-12(19)5-4-10(13)2)14(20)9-17-8-11(15)7-16-17/h4-8,19H,3,9,15H2,1-2H3. The second-order valence-corrected chi connectivity index (χ2v) is 4.58. The molecule has 0 aliphatic rings. The van der Waals surface area contributed by atoms with Gasteiger partial charge in [0.25, 0.3) is 0 Å². The van der Waals surface area contributed by atoms with Crippen molar-refractivity contribution in [3.8, 4) is 5.75 Å². The number of benzene rings is 1. The molecule has 1 aromatic carbocycles. The van der Waals surface area contributed by atoms with Crippen molar-refractivity contribution >= 4 is 17.3 Å². The summed E-state index contributed by atoms with van der Waals surface area (Å²) in [5.41, 5.74) is 7.73. The zero-order valence-electron chi connectivity index (χ0n) is 11.6. The zero-order valence-corrected chi connectivity index (χ0v) is 11.6. The van der Waals surface area contributed by atoms with Crippen LogP contribution in [0.5, 0.6) is 5.75 Å². The number of aromatic hydroxyl groups is 1. The predicted octanol–water partition coefficient (Wildman–Crippen LogP) is 1.53. The monoisotopic (exact) mass is 274 g/mol. The fourth-order valence-electron chi connectivity index (χ4n) is 2.06. The van der Waals surface area contributed by atoms with Gasteiger partial charge >= 0.3 is 0 Å². The van der Waals surface area contributed by atoms with E-state index in [0.717, 1.165) is 5.56 Å². The van der Waals surface area contributed by atoms with Crippen LogP contribution >= 0.6 is 0 Å². The van der Waals surface area contributed by atoms with Crippen molar-refractivity contribution in [2.75, 3.05) is 17.2 Å². The molecule has 2 rings (SSSR count). The van der Waals surface area contributed by atoms with Crippen LogP contribution in [0.15, 0.2) is 30.6 Å². The van der Waals surface area contributed by atoms with Gasteiger partial charge in [-0.1, -0.05) is 6.07 Å². The van der Waals surface area contributed by atoms with Crippen molar-refractivity contribution in [3.05, 3.63) is 36.2 Å². The average molecular weight is 274 g/mol. The molecule has 0 fully saturated rings. The van der Waals surface area contributed by atoms with E-state index in [1.807, 2.05) is 13.8 Å². The largest absolute Gasteiger partial charge is 0.508 e. The molecule has 2 aromatic rings. The fourth-order valence-corrected chi connectivity index (χ4v) is 2.06. The van der Waals surface area contributed by atoms with Crippen LogP contribution in [0.1, 0.15) is 12.5 Å². The molecule has 0 unspecified atom stereocenters. The van der Waals surface area contributed by atoms with Gasteiger partial charge in [-0.15, -0.1) is 0 Å². The van der Waals surface area contributed by atoms with Gasteiger partial charge in [0.2, 0.25) is 5.91 Å². The molecule has 1 aromatic heterocycles. The van der Waals surface area contributed by atoms with Crippen LogP contribution in [-0.4, -0.2) is 27.3 Å². The predicted molar refractivity (Wildman–Crippen MR) is 77.5 cm³/mol. The molecule has 0 saturated carbocycles. The number of nitrogens with zero attached hydrogens (tertiary/aromatic N) is 3. The number of likely N-dealkylation sites (N-methyl/N-ethyl adjacent to an activating group) is 1. The molecule has 0 bridgehead atoms. The Morgan fingerprint density at radius 2 is 2.25 bits per heavy atom. The van der Waals surface area contributed by atoms with E-state index in [9.17, 15) is 9.90 Å². The number of carbonyl (C=O) groups excluding carboxylic acids is 1. The molecule has 20 heavy (non-hydrogen) atoms. The third-order valence-corrected chi connectivity index (χ3v) is 3.05. The summed E-state index contributed by atoms with van der Waals surface area (Å²) in [4.78, 5) is 14.0. The molecule has 0 radical (unpaired) electrons. The summed E-state index contributed by atoms with van der Waals surface area (Å²) in [5.74, 6) is 0.0319. The Balaban J connectivity index is 2.23. The second-order valence-electron chi connectivity index (χ2n) is 4.58. The Labute approximate surface area is 117 Å². The highest BCUT2D eigenvalue weighted by Crippen LogP contribution is 2.25. The van der Waals surface area contributed by atoms with E-state index in [2.05, 4.69) is 5.10 Å². The lowest BCUT2D eigenvalue weighted by atomic mass is 10.1. The molecule has 1 heterocycles. The van der Waals surface area contributed by atoms with Crippen LogP contribution < -0.4 is 10.6 Å². The van der Waals surface area contributed by atoms with Crippen molar-refractivity contribution in [2.45, 2.75) is 20.4 Å². The minimum absolute atomic E-state index is 0.107. The van der Waals surface area contributed by atoms with E-state index in [1.165, 1.54) is 10.9 Å². The van der Waals surface area contributed by atoms with Gasteiger partial charge in [-0.05, 0) is 25.5 Å². The molecule has 0 saturated heterocycles. The van der Waals surface area contributed by atoms with Gasteiger partial charge in [-0.2, -0.15) is 5.10 Å². The van der Waals surface area contributed by atoms with E-state index >= 15 is 0 Å². The first-order valence-electron chi connectivity index (χ1n) is 6.39. The molecule has 0 atom stereocenters. The number of hydrogen-bond acceptors (Lipinski definition) is 4. The Hall–Kier alpha value is -2.50. The number of anilines is 2. The lowest BCUT2D eigenvalue weighted by Crippen LogP contribution is -2.34. The molecule has 3 N–H and O–H groups in total. The van der Waals surface area contributed by atoms with Crippen molar-refractivity contribution < 1.29 is 9.90 Å². The Morgan fingerprint density at radius 1 is 1.50 bits per heavy atom. The van der Waals surface area contributed by atoms with E-state index in [1.54, 1.807) is 29.3 Å². The van der Waals surface area contributed by atoms with Crippen molar-refractivity contribution in [2.24, 2.45) is 0 Å². The number of rotatable bonds is 4. The summed E-state index contributed by atoms with van der Waals surface area (Å²) in [7, 11) is 0. The van der Waals surface area contributed by atoms with Crippen molar-refractivity contribution in [3.63, 3.8) is 0 Å². The first-order chi connectivity index (χ1) is 9.51. The molecule has 6 nitrogen and oxygen atoms in total. The average Bonchev–Trinajstić information content (AvgIpc) is 2.80. The van der Waals surface area contributed by atoms with Crippen LogP contribution in [-0.2, 0) is 11.3 Å². The van der Waals surface area contributed by atoms with E-state index in [-0.39, 0.29) is 18.2 Å². The topological polar surface area (TPSA) is 84.4 Å². The van der Waals surface area contributed by atoms with Crippen LogP contribution in [0, 0.1) is 6.92 Å². The quantitative estimate of drug-likeness (QED) is 0.885. The van der Waals surface area contributed by atoms with Crippen LogP contribution in [0.4, 0.5) is 11.4 Å². The minimum atomic E-state index is -0.107. The number of hydrogen-bond donors (Lipinski definition) is 2. The molecule has 106 valence electrons. The minimum Gasteiger partial charge on any atom is -0.508 e. The molecular formula is C14H18N4O2. The Morgan fingerprint density at radius 3 is 2.85 bits per heavy atom. The summed E-state index contributed by atoms with van der Waals surface area (Å²) in [6.07, 6.45) is 3.12. The molecule has 0 aliphatic carbocycles. The summed E-state index contributed by atoms with van der Waals surface area (Å²) in [6, 6.07) is 4.98. The number of phenolic OH excluding ortho intramolecular Hbond substituents is 1. The van der Waals surface area contributed by atoms with Gasteiger partial charge in [0.05, 0.1) is 17.6 Å². The van der Waals surface area contributed by atoms with E-state index in [4.69, 9.17) is 5.73 Å². The first-order valence-corrected chi connectivity index (χ1v) is 6.39. The summed E-state index contributed by atoms with van der Waals surface area (Å²) >= 11 is 0. The van der Waals surface area contributed by atoms with Crippen LogP contribution in [0.3, 0.4) is 0 Å². The Bertz CT molecular complexity index is 621. The summed E-state index contributed by atoms with van der Waals surface area (Å²) in [5, 5.41) is 13.6.